The van der Waals surface area contributed by atoms with E-state index < -0.39 is 5.91 Å². The third-order valence-corrected chi connectivity index (χ3v) is 3.10. The van der Waals surface area contributed by atoms with Crippen molar-refractivity contribution in [3.8, 4) is 5.75 Å². The van der Waals surface area contributed by atoms with Gasteiger partial charge in [-0.25, -0.2) is 0 Å². The number of amides is 2. The molecule has 2 rings (SSSR count). The lowest BCUT2D eigenvalue weighted by Gasteiger charge is -2.15. The molecule has 6 heteroatoms. The standard InChI is InChI=1S/C17H19N3O3/c1-20(11-16(18)21)17(22)12-23-15-9-7-14(8-10-15)19-13-5-3-2-4-6-13/h2-10,19H,11-12H2,1H3,(H2,18,21). The Labute approximate surface area is 134 Å². The summed E-state index contributed by atoms with van der Waals surface area (Å²) in [6.45, 7) is -0.267. The molecule has 0 aliphatic carbocycles. The molecule has 0 aliphatic rings. The second-order valence-corrected chi connectivity index (χ2v) is 5.02. The molecule has 0 aliphatic heterocycles. The molecule has 3 N–H and O–H groups in total. The number of rotatable bonds is 7. The maximum atomic E-state index is 11.7. The van der Waals surface area contributed by atoms with E-state index in [1.165, 1.54) is 11.9 Å². The van der Waals surface area contributed by atoms with Crippen LogP contribution in [-0.4, -0.2) is 36.9 Å². The number of nitrogens with one attached hydrogen (secondary N) is 1. The first-order chi connectivity index (χ1) is 11.0. The zero-order valence-corrected chi connectivity index (χ0v) is 12.9. The lowest BCUT2D eigenvalue weighted by molar-refractivity contribution is -0.135. The van der Waals surface area contributed by atoms with Gasteiger partial charge in [-0.15, -0.1) is 0 Å². The minimum absolute atomic E-state index is 0.123. The summed E-state index contributed by atoms with van der Waals surface area (Å²) in [7, 11) is 1.50. The van der Waals surface area contributed by atoms with E-state index in [0.29, 0.717) is 5.75 Å². The minimum Gasteiger partial charge on any atom is -0.484 e. The van der Waals surface area contributed by atoms with Gasteiger partial charge in [0.15, 0.2) is 6.61 Å². The van der Waals surface area contributed by atoms with Crippen LogP contribution in [0.3, 0.4) is 0 Å². The highest BCUT2D eigenvalue weighted by molar-refractivity contribution is 5.84. The molecule has 0 spiro atoms. The number of carbonyl (C=O) groups is 2. The Bertz CT molecular complexity index is 657. The summed E-state index contributed by atoms with van der Waals surface area (Å²) < 4.78 is 5.40. The number of hydrogen-bond donors (Lipinski definition) is 2. The van der Waals surface area contributed by atoms with Gasteiger partial charge in [-0.3, -0.25) is 9.59 Å². The molecule has 23 heavy (non-hydrogen) atoms. The van der Waals surface area contributed by atoms with Crippen LogP contribution in [0, 0.1) is 0 Å². The van der Waals surface area contributed by atoms with Crippen molar-refractivity contribution in [1.29, 1.82) is 0 Å². The lowest BCUT2D eigenvalue weighted by Crippen LogP contribution is -2.38. The Morgan fingerprint density at radius 2 is 1.65 bits per heavy atom. The van der Waals surface area contributed by atoms with Gasteiger partial charge in [0, 0.05) is 18.4 Å². The summed E-state index contributed by atoms with van der Waals surface area (Å²) in [5.74, 6) is -0.295. The zero-order chi connectivity index (χ0) is 16.7. The molecule has 0 radical (unpaired) electrons. The van der Waals surface area contributed by atoms with E-state index in [1.54, 1.807) is 12.1 Å². The maximum Gasteiger partial charge on any atom is 0.260 e. The third kappa shape index (κ3) is 5.35. The summed E-state index contributed by atoms with van der Waals surface area (Å²) >= 11 is 0. The summed E-state index contributed by atoms with van der Waals surface area (Å²) in [5, 5.41) is 3.25. The number of likely N-dealkylation sites (N-methyl/N-ethyl adjacent to an activating group) is 1. The van der Waals surface area contributed by atoms with Crippen molar-refractivity contribution in [3.63, 3.8) is 0 Å². The van der Waals surface area contributed by atoms with Gasteiger partial charge in [0.1, 0.15) is 5.75 Å². The van der Waals surface area contributed by atoms with Crippen LogP contribution in [0.2, 0.25) is 0 Å². The van der Waals surface area contributed by atoms with Crippen LogP contribution in [0.1, 0.15) is 0 Å². The predicted octanol–water partition coefficient (Wildman–Crippen LogP) is 1.75. The molecule has 120 valence electrons. The Hall–Kier alpha value is -3.02. The van der Waals surface area contributed by atoms with Crippen molar-refractivity contribution in [2.24, 2.45) is 5.73 Å². The molecule has 0 atom stereocenters. The van der Waals surface area contributed by atoms with Gasteiger partial charge in [-0.05, 0) is 36.4 Å². The van der Waals surface area contributed by atoms with Crippen LogP contribution in [0.5, 0.6) is 5.75 Å². The van der Waals surface area contributed by atoms with Gasteiger partial charge in [-0.2, -0.15) is 0 Å². The van der Waals surface area contributed by atoms with Crippen LogP contribution in [-0.2, 0) is 9.59 Å². The Morgan fingerprint density at radius 1 is 1.04 bits per heavy atom. The second-order valence-electron chi connectivity index (χ2n) is 5.02. The van der Waals surface area contributed by atoms with Crippen molar-refractivity contribution < 1.29 is 14.3 Å². The number of para-hydroxylation sites is 1. The van der Waals surface area contributed by atoms with Crippen LogP contribution in [0.15, 0.2) is 54.6 Å². The Kier molecular flexibility index (Phi) is 5.57. The number of ether oxygens (including phenoxy) is 1. The molecule has 0 saturated carbocycles. The highest BCUT2D eigenvalue weighted by atomic mass is 16.5. The normalized spacial score (nSPS) is 9.96. The van der Waals surface area contributed by atoms with Gasteiger partial charge in [-0.1, -0.05) is 18.2 Å². The highest BCUT2D eigenvalue weighted by Gasteiger charge is 2.11. The first kappa shape index (κ1) is 16.4. The molecule has 2 aromatic carbocycles. The van der Waals surface area contributed by atoms with Crippen molar-refractivity contribution in [2.75, 3.05) is 25.5 Å². The Balaban J connectivity index is 1.85. The van der Waals surface area contributed by atoms with Crippen molar-refractivity contribution in [2.45, 2.75) is 0 Å². The first-order valence-corrected chi connectivity index (χ1v) is 7.12. The minimum atomic E-state index is -0.558. The molecule has 0 bridgehead atoms. The highest BCUT2D eigenvalue weighted by Crippen LogP contribution is 2.19. The summed E-state index contributed by atoms with van der Waals surface area (Å²) in [5.41, 5.74) is 6.95. The molecular weight excluding hydrogens is 294 g/mol. The number of benzene rings is 2. The number of hydrogen-bond acceptors (Lipinski definition) is 4. The Morgan fingerprint density at radius 3 is 2.26 bits per heavy atom. The molecule has 2 aromatic rings. The van der Waals surface area contributed by atoms with E-state index in [9.17, 15) is 9.59 Å². The van der Waals surface area contributed by atoms with E-state index in [-0.39, 0.29) is 19.1 Å². The van der Waals surface area contributed by atoms with Gasteiger partial charge >= 0.3 is 0 Å². The van der Waals surface area contributed by atoms with E-state index in [1.807, 2.05) is 42.5 Å². The molecule has 0 saturated heterocycles. The van der Waals surface area contributed by atoms with Gasteiger partial charge in [0.05, 0.1) is 6.54 Å². The number of anilines is 2. The van der Waals surface area contributed by atoms with Crippen molar-refractivity contribution in [1.82, 2.24) is 4.90 Å². The van der Waals surface area contributed by atoms with Crippen LogP contribution in [0.25, 0.3) is 0 Å². The van der Waals surface area contributed by atoms with Crippen molar-refractivity contribution >= 4 is 23.2 Å². The third-order valence-electron chi connectivity index (χ3n) is 3.10. The molecule has 6 nitrogen and oxygen atoms in total. The molecule has 2 amide bonds. The predicted molar refractivity (Wildman–Crippen MR) is 88.5 cm³/mol. The smallest absolute Gasteiger partial charge is 0.260 e. The monoisotopic (exact) mass is 313 g/mol. The average molecular weight is 313 g/mol. The SMILES string of the molecule is CN(CC(N)=O)C(=O)COc1ccc(Nc2ccccc2)cc1. The topological polar surface area (TPSA) is 84.7 Å². The van der Waals surface area contributed by atoms with E-state index in [4.69, 9.17) is 10.5 Å². The van der Waals surface area contributed by atoms with Crippen LogP contribution >= 0.6 is 0 Å². The summed E-state index contributed by atoms with van der Waals surface area (Å²) in [6.07, 6.45) is 0. The first-order valence-electron chi connectivity index (χ1n) is 7.12. The van der Waals surface area contributed by atoms with Gasteiger partial charge in [0.2, 0.25) is 5.91 Å². The van der Waals surface area contributed by atoms with E-state index in [0.717, 1.165) is 11.4 Å². The fraction of sp³-hybridized carbons (Fsp3) is 0.176. The summed E-state index contributed by atoms with van der Waals surface area (Å²) in [6, 6.07) is 17.1. The molecule has 0 fully saturated rings. The van der Waals surface area contributed by atoms with E-state index >= 15 is 0 Å². The van der Waals surface area contributed by atoms with Gasteiger partial charge < -0.3 is 20.7 Å². The van der Waals surface area contributed by atoms with Crippen LogP contribution < -0.4 is 15.8 Å². The zero-order valence-electron chi connectivity index (χ0n) is 12.9. The number of primary amides is 1. The molecule has 0 heterocycles. The maximum absolute atomic E-state index is 11.7. The van der Waals surface area contributed by atoms with E-state index in [2.05, 4.69) is 5.32 Å². The van der Waals surface area contributed by atoms with Crippen molar-refractivity contribution in [3.05, 3.63) is 54.6 Å². The number of nitrogens with two attached hydrogens (primary N) is 1. The largest absolute Gasteiger partial charge is 0.484 e. The fourth-order valence-electron chi connectivity index (χ4n) is 1.90. The molecule has 0 aromatic heterocycles. The molecular formula is C17H19N3O3. The second kappa shape index (κ2) is 7.84. The quantitative estimate of drug-likeness (QED) is 0.815. The fourth-order valence-corrected chi connectivity index (χ4v) is 1.90. The van der Waals surface area contributed by atoms with Crippen LogP contribution in [0.4, 0.5) is 11.4 Å². The average Bonchev–Trinajstić information content (AvgIpc) is 2.54. The lowest BCUT2D eigenvalue weighted by atomic mass is 10.2. The number of carbonyl (C=O) groups excluding carboxylic acids is 2. The molecule has 0 unspecified atom stereocenters. The summed E-state index contributed by atoms with van der Waals surface area (Å²) in [4.78, 5) is 23.7. The van der Waals surface area contributed by atoms with Gasteiger partial charge in [0.25, 0.3) is 5.91 Å². The number of nitrogens with zero attached hydrogens (tertiary/aromatic N) is 1.